The van der Waals surface area contributed by atoms with Crippen molar-refractivity contribution in [2.75, 3.05) is 0 Å². The molecule has 1 unspecified atom stereocenters. The molecule has 0 aliphatic carbocycles. The Morgan fingerprint density at radius 3 is 3.20 bits per heavy atom. The zero-order chi connectivity index (χ0) is 6.27. The van der Waals surface area contributed by atoms with Crippen LogP contribution in [0.5, 0.6) is 0 Å². The summed E-state index contributed by atoms with van der Waals surface area (Å²) in [4.78, 5) is 4.21. The summed E-state index contributed by atoms with van der Waals surface area (Å²) in [5.41, 5.74) is 0. The van der Waals surface area contributed by atoms with Gasteiger partial charge in [0, 0.05) is 25.4 Å². The number of hydrogen-bond donors (Lipinski definition) is 1. The van der Waals surface area contributed by atoms with E-state index in [-0.39, 0.29) is 6.15 Å². The Balaban J connectivity index is 0.000000500. The van der Waals surface area contributed by atoms with Gasteiger partial charge in [-0.3, -0.25) is 0 Å². The highest BCUT2D eigenvalue weighted by Crippen LogP contribution is 2.16. The molecule has 1 aromatic rings. The van der Waals surface area contributed by atoms with Gasteiger partial charge in [-0.05, 0) is 5.92 Å². The highest BCUT2D eigenvalue weighted by Gasteiger charge is 2.16. The molecule has 0 saturated carbocycles. The Kier molecular flexibility index (Phi) is 1.76. The molecule has 1 aromatic heterocycles. The van der Waals surface area contributed by atoms with Crippen molar-refractivity contribution in [2.24, 2.45) is 5.92 Å². The van der Waals surface area contributed by atoms with E-state index in [0.717, 1.165) is 18.9 Å². The summed E-state index contributed by atoms with van der Waals surface area (Å²) < 4.78 is 2.23. The summed E-state index contributed by atoms with van der Waals surface area (Å²) in [5.74, 6) is 2.05. The van der Waals surface area contributed by atoms with Gasteiger partial charge in [0.2, 0.25) is 0 Å². The number of aromatic nitrogens is 2. The van der Waals surface area contributed by atoms with Gasteiger partial charge in [-0.15, -0.1) is 0 Å². The van der Waals surface area contributed by atoms with E-state index in [1.54, 1.807) is 0 Å². The summed E-state index contributed by atoms with van der Waals surface area (Å²) in [5, 5.41) is 0. The molecule has 1 aliphatic rings. The summed E-state index contributed by atoms with van der Waals surface area (Å²) in [6.07, 6.45) is 5.09. The van der Waals surface area contributed by atoms with E-state index < -0.39 is 0 Å². The summed E-state index contributed by atoms with van der Waals surface area (Å²) in [6.45, 7) is 3.42. The fraction of sp³-hybridized carbons (Fsp3) is 0.571. The molecule has 1 aliphatic heterocycles. The van der Waals surface area contributed by atoms with E-state index >= 15 is 0 Å². The van der Waals surface area contributed by atoms with E-state index in [0.29, 0.717) is 0 Å². The van der Waals surface area contributed by atoms with Gasteiger partial charge >= 0.3 is 0 Å². The standard InChI is InChI=1S/C7H10N2.H3N/c1-6-4-7-8-2-3-9(7)5-6;/h2-3,6H,4-5H2,1H3;1H3. The van der Waals surface area contributed by atoms with Crippen LogP contribution in [0.1, 0.15) is 12.7 Å². The lowest BCUT2D eigenvalue weighted by molar-refractivity contribution is 0.563. The van der Waals surface area contributed by atoms with Gasteiger partial charge in [0.15, 0.2) is 0 Å². The normalized spacial score (nSPS) is 21.9. The molecular formula is C7H13N3. The monoisotopic (exact) mass is 139 g/mol. The minimum absolute atomic E-state index is 0. The van der Waals surface area contributed by atoms with Crippen molar-refractivity contribution in [3.8, 4) is 0 Å². The number of hydrogen-bond acceptors (Lipinski definition) is 2. The van der Waals surface area contributed by atoms with Crippen LogP contribution in [0.15, 0.2) is 12.4 Å². The van der Waals surface area contributed by atoms with Crippen LogP contribution in [-0.4, -0.2) is 9.55 Å². The van der Waals surface area contributed by atoms with Gasteiger partial charge in [-0.1, -0.05) is 6.92 Å². The second-order valence-electron chi connectivity index (χ2n) is 2.81. The van der Waals surface area contributed by atoms with Gasteiger partial charge in [0.25, 0.3) is 0 Å². The molecule has 0 fully saturated rings. The molecule has 0 saturated heterocycles. The number of rotatable bonds is 0. The first-order chi connectivity index (χ1) is 4.36. The van der Waals surface area contributed by atoms with Crippen molar-refractivity contribution in [1.29, 1.82) is 0 Å². The zero-order valence-corrected chi connectivity index (χ0v) is 6.25. The van der Waals surface area contributed by atoms with Crippen LogP contribution in [0.3, 0.4) is 0 Å². The SMILES string of the molecule is CC1Cc2nccn2C1.N. The van der Waals surface area contributed by atoms with Crippen molar-refractivity contribution in [3.63, 3.8) is 0 Å². The average molecular weight is 139 g/mol. The summed E-state index contributed by atoms with van der Waals surface area (Å²) >= 11 is 0. The molecule has 0 spiro atoms. The van der Waals surface area contributed by atoms with Crippen LogP contribution in [0.4, 0.5) is 0 Å². The van der Waals surface area contributed by atoms with Crippen molar-refractivity contribution in [1.82, 2.24) is 15.7 Å². The Bertz CT molecular complexity index is 196. The second kappa shape index (κ2) is 2.42. The lowest BCUT2D eigenvalue weighted by atomic mass is 10.1. The first-order valence-corrected chi connectivity index (χ1v) is 3.36. The smallest absolute Gasteiger partial charge is 0.108 e. The molecular weight excluding hydrogens is 126 g/mol. The Hall–Kier alpha value is -0.830. The molecule has 3 nitrogen and oxygen atoms in total. The van der Waals surface area contributed by atoms with E-state index in [1.165, 1.54) is 5.82 Å². The van der Waals surface area contributed by atoms with E-state index in [4.69, 9.17) is 0 Å². The predicted octanol–water partition coefficient (Wildman–Crippen LogP) is 1.24. The van der Waals surface area contributed by atoms with Crippen LogP contribution in [0.25, 0.3) is 0 Å². The first kappa shape index (κ1) is 7.28. The number of fused-ring (bicyclic) bond motifs is 1. The van der Waals surface area contributed by atoms with Gasteiger partial charge in [0.05, 0.1) is 0 Å². The third-order valence-electron chi connectivity index (χ3n) is 1.84. The van der Waals surface area contributed by atoms with Crippen LogP contribution in [-0.2, 0) is 13.0 Å². The van der Waals surface area contributed by atoms with E-state index in [9.17, 15) is 0 Å². The lowest BCUT2D eigenvalue weighted by Gasteiger charge is -1.95. The maximum absolute atomic E-state index is 4.21. The van der Waals surface area contributed by atoms with Crippen molar-refractivity contribution >= 4 is 0 Å². The van der Waals surface area contributed by atoms with Gasteiger partial charge in [-0.2, -0.15) is 0 Å². The molecule has 0 bridgehead atoms. The Morgan fingerprint density at radius 1 is 1.70 bits per heavy atom. The average Bonchev–Trinajstić information content (AvgIpc) is 2.22. The minimum Gasteiger partial charge on any atom is -0.344 e. The molecule has 2 rings (SSSR count). The fourth-order valence-electron chi connectivity index (χ4n) is 1.41. The molecule has 10 heavy (non-hydrogen) atoms. The Morgan fingerprint density at radius 2 is 2.50 bits per heavy atom. The number of nitrogens with zero attached hydrogens (tertiary/aromatic N) is 2. The molecule has 56 valence electrons. The summed E-state index contributed by atoms with van der Waals surface area (Å²) in [6, 6.07) is 0. The highest BCUT2D eigenvalue weighted by molar-refractivity contribution is 4.98. The van der Waals surface area contributed by atoms with E-state index in [1.807, 2.05) is 6.20 Å². The topological polar surface area (TPSA) is 52.8 Å². The molecule has 2 heterocycles. The maximum Gasteiger partial charge on any atom is 0.108 e. The second-order valence-corrected chi connectivity index (χ2v) is 2.81. The molecule has 1 atom stereocenters. The Labute approximate surface area is 60.7 Å². The third-order valence-corrected chi connectivity index (χ3v) is 1.84. The first-order valence-electron chi connectivity index (χ1n) is 3.36. The molecule has 3 heteroatoms. The third kappa shape index (κ3) is 0.926. The molecule has 0 amide bonds. The molecule has 3 N–H and O–H groups in total. The van der Waals surface area contributed by atoms with Crippen molar-refractivity contribution in [3.05, 3.63) is 18.2 Å². The van der Waals surface area contributed by atoms with Gasteiger partial charge in [-0.25, -0.2) is 4.98 Å². The molecule has 0 radical (unpaired) electrons. The summed E-state index contributed by atoms with van der Waals surface area (Å²) in [7, 11) is 0. The molecule has 0 aromatic carbocycles. The predicted molar refractivity (Wildman–Crippen MR) is 40.1 cm³/mol. The van der Waals surface area contributed by atoms with Gasteiger partial charge in [0.1, 0.15) is 5.82 Å². The fourth-order valence-corrected chi connectivity index (χ4v) is 1.41. The van der Waals surface area contributed by atoms with Crippen LogP contribution in [0.2, 0.25) is 0 Å². The van der Waals surface area contributed by atoms with Crippen molar-refractivity contribution < 1.29 is 0 Å². The zero-order valence-electron chi connectivity index (χ0n) is 6.25. The van der Waals surface area contributed by atoms with Crippen LogP contribution in [0, 0.1) is 5.92 Å². The largest absolute Gasteiger partial charge is 0.344 e. The van der Waals surface area contributed by atoms with Gasteiger partial charge < -0.3 is 10.7 Å². The van der Waals surface area contributed by atoms with Crippen LogP contribution < -0.4 is 6.15 Å². The lowest BCUT2D eigenvalue weighted by Crippen LogP contribution is -1.94. The maximum atomic E-state index is 4.21. The van der Waals surface area contributed by atoms with Crippen LogP contribution >= 0.6 is 0 Å². The minimum atomic E-state index is 0. The quantitative estimate of drug-likeness (QED) is 0.588. The van der Waals surface area contributed by atoms with E-state index in [2.05, 4.69) is 22.7 Å². The number of imidazole rings is 1. The highest BCUT2D eigenvalue weighted by atomic mass is 15.1. The van der Waals surface area contributed by atoms with Crippen molar-refractivity contribution in [2.45, 2.75) is 19.9 Å².